The summed E-state index contributed by atoms with van der Waals surface area (Å²) in [4.78, 5) is 13.9. The lowest BCUT2D eigenvalue weighted by Crippen LogP contribution is -2.38. The quantitative estimate of drug-likeness (QED) is 0.843. The van der Waals surface area contributed by atoms with Crippen LogP contribution in [0.2, 0.25) is 0 Å². The van der Waals surface area contributed by atoms with Crippen molar-refractivity contribution in [1.82, 2.24) is 0 Å². The van der Waals surface area contributed by atoms with E-state index in [0.717, 1.165) is 11.3 Å². The summed E-state index contributed by atoms with van der Waals surface area (Å²) in [6.07, 6.45) is 0. The van der Waals surface area contributed by atoms with E-state index < -0.39 is 0 Å². The Hall–Kier alpha value is -1.35. The molecule has 0 aliphatic rings. The third-order valence-corrected chi connectivity index (χ3v) is 2.76. The lowest BCUT2D eigenvalue weighted by atomic mass is 10.1. The van der Waals surface area contributed by atoms with E-state index in [2.05, 4.69) is 0 Å². The monoisotopic (exact) mass is 220 g/mol. The molecule has 3 heteroatoms. The van der Waals surface area contributed by atoms with Gasteiger partial charge in [0.2, 0.25) is 5.91 Å². The maximum atomic E-state index is 12.1. The van der Waals surface area contributed by atoms with Gasteiger partial charge in [-0.2, -0.15) is 0 Å². The summed E-state index contributed by atoms with van der Waals surface area (Å²) in [5, 5.41) is 0. The number of hydrogen-bond acceptors (Lipinski definition) is 2. The second-order valence-electron chi connectivity index (χ2n) is 4.01. The molecule has 0 aliphatic heterocycles. The molecule has 0 heterocycles. The van der Waals surface area contributed by atoms with Gasteiger partial charge in [0.25, 0.3) is 0 Å². The largest absolute Gasteiger partial charge is 0.330 e. The van der Waals surface area contributed by atoms with Gasteiger partial charge in [-0.25, -0.2) is 0 Å². The number of benzene rings is 1. The summed E-state index contributed by atoms with van der Waals surface area (Å²) in [5.74, 6) is -0.0288. The molecule has 0 aromatic heterocycles. The SMILES string of the molecule is CCN(C(=O)C(C)CN)c1ccccc1C. The first-order valence-electron chi connectivity index (χ1n) is 5.68. The molecule has 0 fully saturated rings. The molecule has 1 unspecified atom stereocenters. The van der Waals surface area contributed by atoms with Gasteiger partial charge in [-0.3, -0.25) is 4.79 Å². The number of amides is 1. The molecule has 16 heavy (non-hydrogen) atoms. The predicted octanol–water partition coefficient (Wildman–Crippen LogP) is 1.94. The highest BCUT2D eigenvalue weighted by molar-refractivity contribution is 5.95. The minimum Gasteiger partial charge on any atom is -0.330 e. The number of aryl methyl sites for hydroxylation is 1. The minimum atomic E-state index is -0.125. The number of anilines is 1. The van der Waals surface area contributed by atoms with Crippen LogP contribution in [0, 0.1) is 12.8 Å². The van der Waals surface area contributed by atoms with E-state index in [1.165, 1.54) is 0 Å². The van der Waals surface area contributed by atoms with Gasteiger partial charge in [0.1, 0.15) is 0 Å². The molecular formula is C13H20N2O. The fourth-order valence-corrected chi connectivity index (χ4v) is 1.68. The van der Waals surface area contributed by atoms with Gasteiger partial charge < -0.3 is 10.6 Å². The van der Waals surface area contributed by atoms with E-state index in [-0.39, 0.29) is 11.8 Å². The van der Waals surface area contributed by atoms with E-state index in [4.69, 9.17) is 5.73 Å². The highest BCUT2D eigenvalue weighted by atomic mass is 16.2. The van der Waals surface area contributed by atoms with E-state index in [0.29, 0.717) is 13.1 Å². The topological polar surface area (TPSA) is 46.3 Å². The summed E-state index contributed by atoms with van der Waals surface area (Å²) in [6.45, 7) is 6.92. The highest BCUT2D eigenvalue weighted by Crippen LogP contribution is 2.20. The van der Waals surface area contributed by atoms with Gasteiger partial charge in [0.05, 0.1) is 0 Å². The zero-order valence-electron chi connectivity index (χ0n) is 10.2. The zero-order chi connectivity index (χ0) is 12.1. The molecule has 3 nitrogen and oxygen atoms in total. The molecule has 88 valence electrons. The van der Waals surface area contributed by atoms with Crippen LogP contribution in [0.15, 0.2) is 24.3 Å². The molecule has 1 rings (SSSR count). The van der Waals surface area contributed by atoms with Crippen molar-refractivity contribution in [3.05, 3.63) is 29.8 Å². The molecule has 1 aromatic carbocycles. The lowest BCUT2D eigenvalue weighted by molar-refractivity contribution is -0.121. The van der Waals surface area contributed by atoms with E-state index in [1.54, 1.807) is 4.90 Å². The lowest BCUT2D eigenvalue weighted by Gasteiger charge is -2.25. The number of nitrogens with two attached hydrogens (primary N) is 1. The Morgan fingerprint density at radius 3 is 2.56 bits per heavy atom. The molecular weight excluding hydrogens is 200 g/mol. The van der Waals surface area contributed by atoms with Gasteiger partial charge in [-0.15, -0.1) is 0 Å². The van der Waals surface area contributed by atoms with Gasteiger partial charge in [0, 0.05) is 24.7 Å². The smallest absolute Gasteiger partial charge is 0.231 e. The Morgan fingerprint density at radius 1 is 1.44 bits per heavy atom. The third-order valence-electron chi connectivity index (χ3n) is 2.76. The van der Waals surface area contributed by atoms with Crippen LogP contribution in [0.1, 0.15) is 19.4 Å². The van der Waals surface area contributed by atoms with Crippen molar-refractivity contribution in [3.8, 4) is 0 Å². The molecule has 2 N–H and O–H groups in total. The van der Waals surface area contributed by atoms with Crippen LogP contribution in [0.5, 0.6) is 0 Å². The van der Waals surface area contributed by atoms with Crippen LogP contribution in [0.4, 0.5) is 5.69 Å². The normalized spacial score (nSPS) is 12.2. The Bertz CT molecular complexity index is 363. The molecule has 1 atom stereocenters. The van der Waals surface area contributed by atoms with E-state index in [9.17, 15) is 4.79 Å². The second kappa shape index (κ2) is 5.66. The number of rotatable bonds is 4. The number of para-hydroxylation sites is 1. The number of nitrogens with zero attached hydrogens (tertiary/aromatic N) is 1. The van der Waals surface area contributed by atoms with Crippen LogP contribution in [-0.2, 0) is 4.79 Å². The van der Waals surface area contributed by atoms with Crippen molar-refractivity contribution in [2.45, 2.75) is 20.8 Å². The molecule has 0 saturated heterocycles. The fourth-order valence-electron chi connectivity index (χ4n) is 1.68. The molecule has 0 spiro atoms. The summed E-state index contributed by atoms with van der Waals surface area (Å²) < 4.78 is 0. The van der Waals surface area contributed by atoms with Crippen molar-refractivity contribution in [2.75, 3.05) is 18.0 Å². The van der Waals surface area contributed by atoms with Crippen LogP contribution in [-0.4, -0.2) is 19.0 Å². The minimum absolute atomic E-state index is 0.0966. The first-order chi connectivity index (χ1) is 7.61. The summed E-state index contributed by atoms with van der Waals surface area (Å²) in [5.41, 5.74) is 7.63. The van der Waals surface area contributed by atoms with Crippen molar-refractivity contribution >= 4 is 11.6 Å². The summed E-state index contributed by atoms with van der Waals surface area (Å²) >= 11 is 0. The van der Waals surface area contributed by atoms with Crippen LogP contribution in [0.3, 0.4) is 0 Å². The van der Waals surface area contributed by atoms with Crippen molar-refractivity contribution < 1.29 is 4.79 Å². The summed E-state index contributed by atoms with van der Waals surface area (Å²) in [6, 6.07) is 7.91. The summed E-state index contributed by atoms with van der Waals surface area (Å²) in [7, 11) is 0. The molecule has 0 saturated carbocycles. The molecule has 1 amide bonds. The number of hydrogen-bond donors (Lipinski definition) is 1. The van der Waals surface area contributed by atoms with E-state index >= 15 is 0 Å². The predicted molar refractivity (Wildman–Crippen MR) is 67.4 cm³/mol. The van der Waals surface area contributed by atoms with Gasteiger partial charge >= 0.3 is 0 Å². The molecule has 0 radical (unpaired) electrons. The number of carbonyl (C=O) groups is 1. The highest BCUT2D eigenvalue weighted by Gasteiger charge is 2.20. The standard InChI is InChI=1S/C13H20N2O/c1-4-15(13(16)11(3)9-14)12-8-6-5-7-10(12)2/h5-8,11H,4,9,14H2,1-3H3. The Labute approximate surface area is 97.2 Å². The van der Waals surface area contributed by atoms with Crippen molar-refractivity contribution in [1.29, 1.82) is 0 Å². The zero-order valence-corrected chi connectivity index (χ0v) is 10.2. The van der Waals surface area contributed by atoms with Gasteiger partial charge in [0.15, 0.2) is 0 Å². The Balaban J connectivity index is 2.99. The van der Waals surface area contributed by atoms with Crippen LogP contribution in [0.25, 0.3) is 0 Å². The Morgan fingerprint density at radius 2 is 2.06 bits per heavy atom. The molecule has 0 bridgehead atoms. The van der Waals surface area contributed by atoms with Gasteiger partial charge in [-0.1, -0.05) is 25.1 Å². The maximum absolute atomic E-state index is 12.1. The van der Waals surface area contributed by atoms with E-state index in [1.807, 2.05) is 45.0 Å². The average Bonchev–Trinajstić information content (AvgIpc) is 2.31. The maximum Gasteiger partial charge on any atom is 0.231 e. The average molecular weight is 220 g/mol. The first kappa shape index (κ1) is 12.7. The van der Waals surface area contributed by atoms with Crippen LogP contribution < -0.4 is 10.6 Å². The van der Waals surface area contributed by atoms with Crippen molar-refractivity contribution in [2.24, 2.45) is 11.7 Å². The Kier molecular flexibility index (Phi) is 4.50. The van der Waals surface area contributed by atoms with Gasteiger partial charge in [-0.05, 0) is 25.5 Å². The second-order valence-corrected chi connectivity index (χ2v) is 4.01. The molecule has 0 aliphatic carbocycles. The van der Waals surface area contributed by atoms with Crippen molar-refractivity contribution in [3.63, 3.8) is 0 Å². The fraction of sp³-hybridized carbons (Fsp3) is 0.462. The number of carbonyl (C=O) groups excluding carboxylic acids is 1. The molecule has 1 aromatic rings. The third kappa shape index (κ3) is 2.61. The first-order valence-corrected chi connectivity index (χ1v) is 5.68. The van der Waals surface area contributed by atoms with Crippen LogP contribution >= 0.6 is 0 Å².